The molecule has 2 N–H and O–H groups in total. The Labute approximate surface area is 196 Å². The van der Waals surface area contributed by atoms with E-state index in [1.54, 1.807) is 12.3 Å². The molecule has 0 saturated heterocycles. The number of aromatic amines is 1. The number of hydrogen-bond acceptors (Lipinski definition) is 3. The van der Waals surface area contributed by atoms with E-state index in [2.05, 4.69) is 10.3 Å². The van der Waals surface area contributed by atoms with Crippen LogP contribution in [-0.2, 0) is 24.1 Å². The Balaban J connectivity index is 1.38. The number of hydrogen-bond donors (Lipinski definition) is 2. The van der Waals surface area contributed by atoms with Gasteiger partial charge in [0.25, 0.3) is 0 Å². The molecule has 0 aliphatic carbocycles. The molecule has 0 atom stereocenters. The molecular formula is C26H28F3N3O2. The molecule has 1 aromatic heterocycles. The predicted octanol–water partition coefficient (Wildman–Crippen LogP) is 4.45. The number of Topliss-reactive ketones (excluding diaryl/α,β-unsaturated/α-hetero) is 1. The van der Waals surface area contributed by atoms with E-state index in [1.807, 2.05) is 36.4 Å². The van der Waals surface area contributed by atoms with Gasteiger partial charge in [0.05, 0.1) is 0 Å². The van der Waals surface area contributed by atoms with E-state index in [4.69, 9.17) is 0 Å². The minimum atomic E-state index is -4.95. The zero-order chi connectivity index (χ0) is 24.1. The molecule has 1 aliphatic rings. The normalized spacial score (nSPS) is 14.0. The zero-order valence-electron chi connectivity index (χ0n) is 18.9. The van der Waals surface area contributed by atoms with Gasteiger partial charge in [-0.25, -0.2) is 0 Å². The summed E-state index contributed by atoms with van der Waals surface area (Å²) in [7, 11) is 0. The molecule has 1 amide bonds. The van der Waals surface area contributed by atoms with E-state index >= 15 is 0 Å². The van der Waals surface area contributed by atoms with Crippen LogP contribution in [0.5, 0.6) is 0 Å². The van der Waals surface area contributed by atoms with Crippen molar-refractivity contribution in [3.05, 3.63) is 70.9 Å². The van der Waals surface area contributed by atoms with Gasteiger partial charge in [0.1, 0.15) is 0 Å². The van der Waals surface area contributed by atoms with Gasteiger partial charge in [0, 0.05) is 42.2 Å². The van der Waals surface area contributed by atoms with Crippen molar-refractivity contribution in [2.45, 2.75) is 38.3 Å². The molecule has 0 saturated carbocycles. The van der Waals surface area contributed by atoms with E-state index in [0.717, 1.165) is 52.9 Å². The summed E-state index contributed by atoms with van der Waals surface area (Å²) in [5, 5.41) is 4.25. The number of carbonyl (C=O) groups is 2. The quantitative estimate of drug-likeness (QED) is 0.477. The Morgan fingerprint density at radius 2 is 1.74 bits per heavy atom. The van der Waals surface area contributed by atoms with E-state index in [1.165, 1.54) is 5.56 Å². The van der Waals surface area contributed by atoms with Gasteiger partial charge in [-0.05, 0) is 67.6 Å². The van der Waals surface area contributed by atoms with Crippen LogP contribution in [0, 0.1) is 0 Å². The molecule has 0 unspecified atom stereocenters. The summed E-state index contributed by atoms with van der Waals surface area (Å²) in [6.45, 7) is 1.57. The highest BCUT2D eigenvalue weighted by Crippen LogP contribution is 2.22. The number of benzene rings is 2. The molecule has 0 spiro atoms. The van der Waals surface area contributed by atoms with E-state index in [9.17, 15) is 22.8 Å². The van der Waals surface area contributed by atoms with Crippen molar-refractivity contribution in [2.24, 2.45) is 0 Å². The number of alkyl halides is 3. The van der Waals surface area contributed by atoms with Gasteiger partial charge in [-0.15, -0.1) is 0 Å². The molecule has 8 heteroatoms. The molecule has 0 bridgehead atoms. The number of aromatic nitrogens is 1. The Hall–Kier alpha value is -3.13. The summed E-state index contributed by atoms with van der Waals surface area (Å²) >= 11 is 0. The highest BCUT2D eigenvalue weighted by atomic mass is 19.4. The second-order valence-corrected chi connectivity index (χ2v) is 8.66. The molecule has 0 radical (unpaired) electrons. The topological polar surface area (TPSA) is 65.2 Å². The fourth-order valence-corrected chi connectivity index (χ4v) is 4.51. The number of amides is 1. The van der Waals surface area contributed by atoms with Crippen molar-refractivity contribution in [1.29, 1.82) is 0 Å². The number of nitrogens with one attached hydrogen (secondary N) is 2. The van der Waals surface area contributed by atoms with Crippen molar-refractivity contribution >= 4 is 22.6 Å². The first-order chi connectivity index (χ1) is 16.3. The van der Waals surface area contributed by atoms with E-state index < -0.39 is 12.1 Å². The third-order valence-corrected chi connectivity index (χ3v) is 6.36. The Kier molecular flexibility index (Phi) is 7.36. The number of halogens is 3. The molecule has 34 heavy (non-hydrogen) atoms. The molecule has 5 nitrogen and oxygen atoms in total. The third kappa shape index (κ3) is 5.67. The lowest BCUT2D eigenvalue weighted by Crippen LogP contribution is -2.42. The fourth-order valence-electron chi connectivity index (χ4n) is 4.51. The lowest BCUT2D eigenvalue weighted by atomic mass is 9.97. The van der Waals surface area contributed by atoms with Crippen LogP contribution in [0.15, 0.2) is 48.7 Å². The van der Waals surface area contributed by atoms with Crippen LogP contribution in [0.2, 0.25) is 0 Å². The number of fused-ring (bicyclic) bond motifs is 2. The third-order valence-electron chi connectivity index (χ3n) is 6.36. The summed E-state index contributed by atoms with van der Waals surface area (Å²) in [5.74, 6) is -1.98. The number of H-pyrrole nitrogens is 1. The Morgan fingerprint density at radius 1 is 0.971 bits per heavy atom. The maximum absolute atomic E-state index is 13.2. The van der Waals surface area contributed by atoms with Crippen LogP contribution >= 0.6 is 0 Å². The van der Waals surface area contributed by atoms with Crippen LogP contribution < -0.4 is 5.32 Å². The van der Waals surface area contributed by atoms with Crippen LogP contribution in [-0.4, -0.2) is 53.9 Å². The molecule has 2 aromatic carbocycles. The van der Waals surface area contributed by atoms with Gasteiger partial charge < -0.3 is 15.2 Å². The van der Waals surface area contributed by atoms with Gasteiger partial charge in [-0.3, -0.25) is 9.59 Å². The highest BCUT2D eigenvalue weighted by molar-refractivity contribution is 5.96. The number of ketones is 1. The standard InChI is InChI=1S/C26H28F3N3O2/c27-26(28,29)25(34)32(15-11-21-17-31-23-5-2-1-4-22(21)23)14-3-6-24(33)20-8-7-18-9-12-30-13-10-19(18)16-20/h1-2,4-5,7-8,16-17,30-31H,3,6,9-15H2. The first-order valence-corrected chi connectivity index (χ1v) is 11.6. The van der Waals surface area contributed by atoms with Crippen molar-refractivity contribution in [3.63, 3.8) is 0 Å². The maximum Gasteiger partial charge on any atom is 0.471 e. The van der Waals surface area contributed by atoms with Crippen LogP contribution in [0.4, 0.5) is 13.2 Å². The van der Waals surface area contributed by atoms with Gasteiger partial charge >= 0.3 is 12.1 Å². The SMILES string of the molecule is O=C(CCCN(CCc1c[nH]c2ccccc12)C(=O)C(F)(F)F)c1ccc2c(c1)CCNCC2. The second kappa shape index (κ2) is 10.4. The second-order valence-electron chi connectivity index (χ2n) is 8.66. The monoisotopic (exact) mass is 471 g/mol. The van der Waals surface area contributed by atoms with Crippen LogP contribution in [0.3, 0.4) is 0 Å². The molecule has 4 rings (SSSR count). The Morgan fingerprint density at radius 3 is 2.53 bits per heavy atom. The summed E-state index contributed by atoms with van der Waals surface area (Å²) in [5.41, 5.74) is 4.69. The van der Waals surface area contributed by atoms with Gasteiger partial charge in [-0.1, -0.05) is 30.3 Å². The number of rotatable bonds is 8. The van der Waals surface area contributed by atoms with E-state index in [-0.39, 0.29) is 31.7 Å². The number of para-hydroxylation sites is 1. The molecule has 1 aliphatic heterocycles. The number of carbonyl (C=O) groups excluding carboxylic acids is 2. The minimum Gasteiger partial charge on any atom is -0.361 e. The maximum atomic E-state index is 13.2. The Bertz CT molecular complexity index is 1170. The average molecular weight is 472 g/mol. The van der Waals surface area contributed by atoms with E-state index in [0.29, 0.717) is 12.0 Å². The fraction of sp³-hybridized carbons (Fsp3) is 0.385. The van der Waals surface area contributed by atoms with Crippen molar-refractivity contribution in [3.8, 4) is 0 Å². The first-order valence-electron chi connectivity index (χ1n) is 11.6. The first kappa shape index (κ1) is 24.0. The lowest BCUT2D eigenvalue weighted by Gasteiger charge is -2.23. The number of nitrogens with zero attached hydrogens (tertiary/aromatic N) is 1. The smallest absolute Gasteiger partial charge is 0.361 e. The molecular weight excluding hydrogens is 443 g/mol. The van der Waals surface area contributed by atoms with Gasteiger partial charge in [-0.2, -0.15) is 13.2 Å². The van der Waals surface area contributed by atoms with Crippen molar-refractivity contribution < 1.29 is 22.8 Å². The zero-order valence-corrected chi connectivity index (χ0v) is 18.9. The molecule has 0 fully saturated rings. The molecule has 3 aromatic rings. The van der Waals surface area contributed by atoms with Gasteiger partial charge in [0.2, 0.25) is 0 Å². The van der Waals surface area contributed by atoms with Gasteiger partial charge in [0.15, 0.2) is 5.78 Å². The molecule has 180 valence electrons. The lowest BCUT2D eigenvalue weighted by molar-refractivity contribution is -0.185. The minimum absolute atomic E-state index is 0.0692. The molecule has 2 heterocycles. The summed E-state index contributed by atoms with van der Waals surface area (Å²) in [4.78, 5) is 28.7. The predicted molar refractivity (Wildman–Crippen MR) is 125 cm³/mol. The van der Waals surface area contributed by atoms with Crippen LogP contribution in [0.1, 0.15) is 39.9 Å². The van der Waals surface area contributed by atoms with Crippen molar-refractivity contribution in [2.75, 3.05) is 26.2 Å². The largest absolute Gasteiger partial charge is 0.471 e. The van der Waals surface area contributed by atoms with Crippen LogP contribution in [0.25, 0.3) is 10.9 Å². The van der Waals surface area contributed by atoms with Crippen molar-refractivity contribution in [1.82, 2.24) is 15.2 Å². The highest BCUT2D eigenvalue weighted by Gasteiger charge is 2.42. The summed E-state index contributed by atoms with van der Waals surface area (Å²) in [6.07, 6.45) is -0.877. The average Bonchev–Trinajstić information content (AvgIpc) is 3.08. The summed E-state index contributed by atoms with van der Waals surface area (Å²) < 4.78 is 39.6. The summed E-state index contributed by atoms with van der Waals surface area (Å²) in [6, 6.07) is 13.2.